The fraction of sp³-hybridized carbons (Fsp3) is 0.150. The first-order chi connectivity index (χ1) is 13.1. The number of nitrogens with zero attached hydrogens (tertiary/aromatic N) is 1. The van der Waals surface area contributed by atoms with E-state index in [4.69, 9.17) is 0 Å². The van der Waals surface area contributed by atoms with Crippen LogP contribution in [0.2, 0.25) is 0 Å². The Hall–Kier alpha value is -2.52. The van der Waals surface area contributed by atoms with E-state index in [2.05, 4.69) is 38.2 Å². The molecule has 0 saturated heterocycles. The second kappa shape index (κ2) is 8.92. The molecule has 6 nitrogen and oxygen atoms in total. The van der Waals surface area contributed by atoms with Crippen LogP contribution in [-0.2, 0) is 11.3 Å². The molecule has 0 aliphatic rings. The van der Waals surface area contributed by atoms with Crippen LogP contribution in [0.15, 0.2) is 60.8 Å². The molecular formula is C20H18IN3O3. The summed E-state index contributed by atoms with van der Waals surface area (Å²) in [5, 5.41) is 15.6. The van der Waals surface area contributed by atoms with E-state index in [0.29, 0.717) is 12.1 Å². The number of amides is 2. The molecule has 0 saturated carbocycles. The van der Waals surface area contributed by atoms with Crippen molar-refractivity contribution in [2.75, 3.05) is 6.61 Å². The van der Waals surface area contributed by atoms with E-state index in [1.807, 2.05) is 48.5 Å². The van der Waals surface area contributed by atoms with Crippen molar-refractivity contribution in [2.24, 2.45) is 0 Å². The van der Waals surface area contributed by atoms with Gasteiger partial charge in [0.2, 0.25) is 5.91 Å². The van der Waals surface area contributed by atoms with Crippen LogP contribution in [0.4, 0.5) is 0 Å². The Labute approximate surface area is 170 Å². The van der Waals surface area contributed by atoms with Gasteiger partial charge in [0, 0.05) is 21.7 Å². The first-order valence-corrected chi connectivity index (χ1v) is 9.43. The Balaban J connectivity index is 1.64. The molecule has 27 heavy (non-hydrogen) atoms. The third-order valence-corrected chi connectivity index (χ3v) is 4.68. The van der Waals surface area contributed by atoms with Gasteiger partial charge in [0.1, 0.15) is 6.04 Å². The lowest BCUT2D eigenvalue weighted by Crippen LogP contribution is -2.48. The molecule has 0 bridgehead atoms. The Morgan fingerprint density at radius 1 is 1.11 bits per heavy atom. The third-order valence-electron chi connectivity index (χ3n) is 4.01. The van der Waals surface area contributed by atoms with E-state index < -0.39 is 24.5 Å². The average Bonchev–Trinajstić information content (AvgIpc) is 2.69. The first kappa shape index (κ1) is 19.2. The number of aliphatic hydroxyl groups is 1. The Kier molecular flexibility index (Phi) is 6.36. The monoisotopic (exact) mass is 475 g/mol. The highest BCUT2D eigenvalue weighted by molar-refractivity contribution is 14.1. The molecule has 3 N–H and O–H groups in total. The van der Waals surface area contributed by atoms with E-state index in [1.54, 1.807) is 6.07 Å². The maximum Gasteiger partial charge on any atom is 0.253 e. The number of aromatic nitrogens is 1. The number of hydrogen-bond donors (Lipinski definition) is 3. The maximum atomic E-state index is 12.4. The van der Waals surface area contributed by atoms with E-state index in [1.165, 1.54) is 6.20 Å². The normalized spacial score (nSPS) is 11.8. The molecule has 0 spiro atoms. The molecule has 138 valence electrons. The van der Waals surface area contributed by atoms with E-state index >= 15 is 0 Å². The number of carbonyl (C=O) groups is 2. The van der Waals surface area contributed by atoms with Gasteiger partial charge in [-0.05, 0) is 52.4 Å². The molecule has 3 aromatic rings. The SMILES string of the molecule is O=C(NC(CO)C(=O)NCc1cccc(I)c1)c1cnc2ccccc2c1. The zero-order valence-electron chi connectivity index (χ0n) is 14.4. The lowest BCUT2D eigenvalue weighted by molar-refractivity contribution is -0.124. The molecule has 0 aliphatic heterocycles. The lowest BCUT2D eigenvalue weighted by Gasteiger charge is -2.16. The highest BCUT2D eigenvalue weighted by atomic mass is 127. The number of aliphatic hydroxyl groups excluding tert-OH is 1. The average molecular weight is 475 g/mol. The minimum absolute atomic E-state index is 0.319. The number of benzene rings is 2. The number of rotatable bonds is 6. The highest BCUT2D eigenvalue weighted by Gasteiger charge is 2.20. The summed E-state index contributed by atoms with van der Waals surface area (Å²) >= 11 is 2.20. The molecule has 0 fully saturated rings. The van der Waals surface area contributed by atoms with E-state index in [0.717, 1.165) is 20.0 Å². The molecule has 1 aromatic heterocycles. The van der Waals surface area contributed by atoms with Gasteiger partial charge in [-0.3, -0.25) is 14.6 Å². The van der Waals surface area contributed by atoms with Crippen LogP contribution in [-0.4, -0.2) is 34.6 Å². The molecular weight excluding hydrogens is 457 g/mol. The second-order valence-corrected chi connectivity index (χ2v) is 7.22. The van der Waals surface area contributed by atoms with Gasteiger partial charge in [0.25, 0.3) is 5.91 Å². The second-order valence-electron chi connectivity index (χ2n) is 5.97. The molecule has 1 heterocycles. The van der Waals surface area contributed by atoms with Crippen molar-refractivity contribution in [2.45, 2.75) is 12.6 Å². The summed E-state index contributed by atoms with van der Waals surface area (Å²) in [6, 6.07) is 15.8. The van der Waals surface area contributed by atoms with E-state index in [9.17, 15) is 14.7 Å². The molecule has 2 aromatic carbocycles. The molecule has 3 rings (SSSR count). The van der Waals surface area contributed by atoms with Gasteiger partial charge < -0.3 is 15.7 Å². The van der Waals surface area contributed by atoms with Gasteiger partial charge in [0.15, 0.2) is 0 Å². The van der Waals surface area contributed by atoms with Gasteiger partial charge in [-0.2, -0.15) is 0 Å². The summed E-state index contributed by atoms with van der Waals surface area (Å²) in [6.45, 7) is -0.176. The van der Waals surface area contributed by atoms with Gasteiger partial charge in [-0.1, -0.05) is 30.3 Å². The van der Waals surface area contributed by atoms with Crippen LogP contribution in [0.5, 0.6) is 0 Å². The lowest BCUT2D eigenvalue weighted by atomic mass is 10.1. The molecule has 1 unspecified atom stereocenters. The zero-order valence-corrected chi connectivity index (χ0v) is 16.5. The zero-order chi connectivity index (χ0) is 19.2. The largest absolute Gasteiger partial charge is 0.394 e. The van der Waals surface area contributed by atoms with Crippen molar-refractivity contribution in [3.63, 3.8) is 0 Å². The summed E-state index contributed by atoms with van der Waals surface area (Å²) in [6.07, 6.45) is 1.45. The molecule has 2 amide bonds. The fourth-order valence-electron chi connectivity index (χ4n) is 2.59. The molecule has 0 aliphatic carbocycles. The van der Waals surface area contributed by atoms with Crippen molar-refractivity contribution in [1.29, 1.82) is 0 Å². The van der Waals surface area contributed by atoms with Crippen LogP contribution in [0.3, 0.4) is 0 Å². The van der Waals surface area contributed by atoms with Gasteiger partial charge in [-0.25, -0.2) is 0 Å². The summed E-state index contributed by atoms with van der Waals surface area (Å²) in [5.74, 6) is -0.907. The Morgan fingerprint density at radius 3 is 2.70 bits per heavy atom. The van der Waals surface area contributed by atoms with E-state index in [-0.39, 0.29) is 0 Å². The van der Waals surface area contributed by atoms with Gasteiger partial charge >= 0.3 is 0 Å². The van der Waals surface area contributed by atoms with Crippen LogP contribution < -0.4 is 10.6 Å². The van der Waals surface area contributed by atoms with Crippen molar-refractivity contribution < 1.29 is 14.7 Å². The van der Waals surface area contributed by atoms with Crippen molar-refractivity contribution in [1.82, 2.24) is 15.6 Å². The van der Waals surface area contributed by atoms with Crippen LogP contribution >= 0.6 is 22.6 Å². The van der Waals surface area contributed by atoms with Crippen molar-refractivity contribution >= 4 is 45.3 Å². The van der Waals surface area contributed by atoms with Crippen LogP contribution in [0.25, 0.3) is 10.9 Å². The standard InChI is InChI=1S/C20H18IN3O3/c21-16-6-3-4-13(8-16)10-23-20(27)18(12-25)24-19(26)15-9-14-5-1-2-7-17(14)22-11-15/h1-9,11,18,25H,10,12H2,(H,23,27)(H,24,26). The number of halogens is 1. The van der Waals surface area contributed by atoms with Crippen LogP contribution in [0, 0.1) is 3.57 Å². The van der Waals surface area contributed by atoms with Crippen molar-refractivity contribution in [3.05, 3.63) is 75.5 Å². The Bertz CT molecular complexity index is 977. The number of para-hydroxylation sites is 1. The Morgan fingerprint density at radius 2 is 1.93 bits per heavy atom. The quantitative estimate of drug-likeness (QED) is 0.477. The third kappa shape index (κ3) is 5.01. The summed E-state index contributed by atoms with van der Waals surface area (Å²) in [5.41, 5.74) is 2.05. The number of nitrogens with one attached hydrogen (secondary N) is 2. The number of pyridine rings is 1. The van der Waals surface area contributed by atoms with Gasteiger partial charge in [0.05, 0.1) is 17.7 Å². The maximum absolute atomic E-state index is 12.4. The van der Waals surface area contributed by atoms with Crippen LogP contribution in [0.1, 0.15) is 15.9 Å². The molecule has 1 atom stereocenters. The van der Waals surface area contributed by atoms with Gasteiger partial charge in [-0.15, -0.1) is 0 Å². The number of fused-ring (bicyclic) bond motifs is 1. The molecule has 7 heteroatoms. The number of carbonyl (C=O) groups excluding carboxylic acids is 2. The summed E-state index contributed by atoms with van der Waals surface area (Å²) < 4.78 is 1.06. The minimum atomic E-state index is -1.04. The smallest absolute Gasteiger partial charge is 0.253 e. The fourth-order valence-corrected chi connectivity index (χ4v) is 3.20. The summed E-state index contributed by atoms with van der Waals surface area (Å²) in [4.78, 5) is 29.0. The minimum Gasteiger partial charge on any atom is -0.394 e. The predicted molar refractivity (Wildman–Crippen MR) is 111 cm³/mol. The summed E-state index contributed by atoms with van der Waals surface area (Å²) in [7, 11) is 0. The highest BCUT2D eigenvalue weighted by Crippen LogP contribution is 2.13. The predicted octanol–water partition coefficient (Wildman–Crippen LogP) is 2.25. The first-order valence-electron chi connectivity index (χ1n) is 8.35. The number of hydrogen-bond acceptors (Lipinski definition) is 4. The topological polar surface area (TPSA) is 91.3 Å². The molecule has 0 radical (unpaired) electrons. The van der Waals surface area contributed by atoms with Crippen molar-refractivity contribution in [3.8, 4) is 0 Å².